The molecule has 1 aliphatic rings. The normalized spacial score (nSPS) is 22.3. The second kappa shape index (κ2) is 27.8. The van der Waals surface area contributed by atoms with Crippen molar-refractivity contribution < 1.29 is 49.0 Å². The zero-order valence-electron chi connectivity index (χ0n) is 28.4. The summed E-state index contributed by atoms with van der Waals surface area (Å²) in [6.07, 6.45) is 15.6. The minimum absolute atomic E-state index is 0.211. The number of carbonyl (C=O) groups is 2. The predicted octanol–water partition coefficient (Wildman–Crippen LogP) is 5.88. The van der Waals surface area contributed by atoms with Crippen molar-refractivity contribution in [2.75, 3.05) is 19.8 Å². The van der Waals surface area contributed by atoms with Crippen LogP contribution in [0.25, 0.3) is 0 Å². The van der Waals surface area contributed by atoms with Gasteiger partial charge >= 0.3 is 11.9 Å². The SMILES string of the molecule is CCCCCCCCCCCCCCCC(=O)OC(COC(=O)CCCCCCCCC)COC1OC(CO)C(O)C(O)C1O. The second-order valence-corrected chi connectivity index (χ2v) is 12.7. The molecule has 0 aromatic carbocycles. The Morgan fingerprint density at radius 2 is 1.04 bits per heavy atom. The van der Waals surface area contributed by atoms with Gasteiger partial charge in [0.05, 0.1) is 13.2 Å². The van der Waals surface area contributed by atoms with Gasteiger partial charge in [0.15, 0.2) is 12.4 Å². The first-order chi connectivity index (χ1) is 21.8. The minimum atomic E-state index is -1.59. The highest BCUT2D eigenvalue weighted by Crippen LogP contribution is 2.22. The molecule has 1 heterocycles. The van der Waals surface area contributed by atoms with Crippen molar-refractivity contribution in [3.8, 4) is 0 Å². The molecule has 0 aromatic heterocycles. The Balaban J connectivity index is 2.40. The van der Waals surface area contributed by atoms with Crippen LogP contribution in [0.2, 0.25) is 0 Å². The molecule has 6 atom stereocenters. The number of esters is 2. The maximum Gasteiger partial charge on any atom is 0.306 e. The van der Waals surface area contributed by atoms with Gasteiger partial charge in [-0.05, 0) is 12.8 Å². The van der Waals surface area contributed by atoms with Gasteiger partial charge < -0.3 is 39.4 Å². The Hall–Kier alpha value is -1.30. The zero-order valence-corrected chi connectivity index (χ0v) is 28.4. The van der Waals surface area contributed by atoms with E-state index in [9.17, 15) is 30.0 Å². The van der Waals surface area contributed by atoms with Gasteiger partial charge in [-0.1, -0.05) is 129 Å². The monoisotopic (exact) mass is 646 g/mol. The number of hydrogen-bond donors (Lipinski definition) is 4. The summed E-state index contributed by atoms with van der Waals surface area (Å²) < 4.78 is 21.9. The van der Waals surface area contributed by atoms with Crippen molar-refractivity contribution in [2.24, 2.45) is 0 Å². The van der Waals surface area contributed by atoms with Gasteiger partial charge in [0.1, 0.15) is 31.0 Å². The number of aliphatic hydroxyl groups excluding tert-OH is 4. The van der Waals surface area contributed by atoms with Crippen LogP contribution in [0, 0.1) is 0 Å². The first kappa shape index (κ1) is 41.7. The highest BCUT2D eigenvalue weighted by Gasteiger charge is 2.44. The van der Waals surface area contributed by atoms with E-state index in [0.717, 1.165) is 44.9 Å². The standard InChI is InChI=1S/C35H66O10/c1-3-5-7-9-11-12-13-14-15-16-18-20-22-24-31(38)44-28(26-42-30(37)23-21-19-17-10-8-6-4-2)27-43-35-34(41)33(40)32(39)29(25-36)45-35/h28-29,32-36,39-41H,3-27H2,1-2H3. The summed E-state index contributed by atoms with van der Waals surface area (Å²) in [5, 5.41) is 39.7. The molecule has 1 saturated heterocycles. The van der Waals surface area contributed by atoms with Crippen molar-refractivity contribution in [1.29, 1.82) is 0 Å². The molecule has 266 valence electrons. The van der Waals surface area contributed by atoms with Crippen LogP contribution < -0.4 is 0 Å². The molecule has 0 amide bonds. The number of hydrogen-bond acceptors (Lipinski definition) is 10. The van der Waals surface area contributed by atoms with Gasteiger partial charge in [-0.3, -0.25) is 9.59 Å². The van der Waals surface area contributed by atoms with E-state index in [4.69, 9.17) is 18.9 Å². The van der Waals surface area contributed by atoms with Crippen LogP contribution in [0.1, 0.15) is 155 Å². The Bertz CT molecular complexity index is 719. The lowest BCUT2D eigenvalue weighted by atomic mass is 9.99. The molecule has 0 aromatic rings. The molecule has 0 saturated carbocycles. The lowest BCUT2D eigenvalue weighted by Gasteiger charge is -2.39. The van der Waals surface area contributed by atoms with E-state index in [1.54, 1.807) is 0 Å². The summed E-state index contributed by atoms with van der Waals surface area (Å²) in [6, 6.07) is 0. The molecule has 0 aliphatic carbocycles. The molecular formula is C35H66O10. The van der Waals surface area contributed by atoms with E-state index in [0.29, 0.717) is 6.42 Å². The summed E-state index contributed by atoms with van der Waals surface area (Å²) in [6.45, 7) is 3.35. The van der Waals surface area contributed by atoms with E-state index in [-0.39, 0.29) is 32.0 Å². The van der Waals surface area contributed by atoms with Gasteiger partial charge in [-0.2, -0.15) is 0 Å². The molecule has 0 spiro atoms. The highest BCUT2D eigenvalue weighted by atomic mass is 16.7. The summed E-state index contributed by atoms with van der Waals surface area (Å²) in [5.41, 5.74) is 0. The Morgan fingerprint density at radius 3 is 1.51 bits per heavy atom. The fourth-order valence-corrected chi connectivity index (χ4v) is 5.54. The minimum Gasteiger partial charge on any atom is -0.462 e. The molecular weight excluding hydrogens is 580 g/mol. The lowest BCUT2D eigenvalue weighted by molar-refractivity contribution is -0.305. The Morgan fingerprint density at radius 1 is 0.600 bits per heavy atom. The maximum atomic E-state index is 12.6. The summed E-state index contributed by atoms with van der Waals surface area (Å²) >= 11 is 0. The van der Waals surface area contributed by atoms with Crippen molar-refractivity contribution in [3.63, 3.8) is 0 Å². The third kappa shape index (κ3) is 20.5. The molecule has 4 N–H and O–H groups in total. The Kier molecular flexibility index (Phi) is 25.8. The van der Waals surface area contributed by atoms with E-state index in [1.807, 2.05) is 0 Å². The number of aliphatic hydroxyl groups is 4. The van der Waals surface area contributed by atoms with Gasteiger partial charge in [0.25, 0.3) is 0 Å². The van der Waals surface area contributed by atoms with E-state index in [2.05, 4.69) is 13.8 Å². The number of unbranched alkanes of at least 4 members (excludes halogenated alkanes) is 18. The van der Waals surface area contributed by atoms with Crippen LogP contribution in [0.3, 0.4) is 0 Å². The first-order valence-corrected chi connectivity index (χ1v) is 18.1. The fraction of sp³-hybridized carbons (Fsp3) is 0.943. The number of ether oxygens (including phenoxy) is 4. The topological polar surface area (TPSA) is 152 Å². The Labute approximate surface area is 272 Å². The van der Waals surface area contributed by atoms with Gasteiger partial charge in [0, 0.05) is 12.8 Å². The predicted molar refractivity (Wildman–Crippen MR) is 173 cm³/mol. The number of carbonyl (C=O) groups excluding carboxylic acids is 2. The van der Waals surface area contributed by atoms with Crippen LogP contribution in [0.15, 0.2) is 0 Å². The maximum absolute atomic E-state index is 12.6. The number of rotatable bonds is 29. The molecule has 10 heteroatoms. The summed E-state index contributed by atoms with van der Waals surface area (Å²) in [5.74, 6) is -0.808. The van der Waals surface area contributed by atoms with Crippen molar-refractivity contribution in [3.05, 3.63) is 0 Å². The van der Waals surface area contributed by atoms with Crippen molar-refractivity contribution in [2.45, 2.75) is 192 Å². The first-order valence-electron chi connectivity index (χ1n) is 18.1. The second-order valence-electron chi connectivity index (χ2n) is 12.7. The van der Waals surface area contributed by atoms with Crippen LogP contribution in [-0.2, 0) is 28.5 Å². The van der Waals surface area contributed by atoms with Crippen LogP contribution in [-0.4, -0.2) is 89.0 Å². The largest absolute Gasteiger partial charge is 0.462 e. The van der Waals surface area contributed by atoms with Crippen LogP contribution in [0.5, 0.6) is 0 Å². The van der Waals surface area contributed by atoms with E-state index in [1.165, 1.54) is 77.0 Å². The molecule has 1 rings (SSSR count). The average molecular weight is 647 g/mol. The van der Waals surface area contributed by atoms with Crippen molar-refractivity contribution in [1.82, 2.24) is 0 Å². The fourth-order valence-electron chi connectivity index (χ4n) is 5.54. The summed E-state index contributed by atoms with van der Waals surface area (Å²) in [4.78, 5) is 25.0. The third-order valence-corrected chi connectivity index (χ3v) is 8.49. The molecule has 1 aliphatic heterocycles. The molecule has 6 unspecified atom stereocenters. The van der Waals surface area contributed by atoms with Gasteiger partial charge in [-0.15, -0.1) is 0 Å². The summed E-state index contributed by atoms with van der Waals surface area (Å²) in [7, 11) is 0. The van der Waals surface area contributed by atoms with E-state index < -0.39 is 49.4 Å². The zero-order chi connectivity index (χ0) is 33.1. The molecule has 0 radical (unpaired) electrons. The van der Waals surface area contributed by atoms with Gasteiger partial charge in [-0.25, -0.2) is 0 Å². The molecule has 10 nitrogen and oxygen atoms in total. The molecule has 45 heavy (non-hydrogen) atoms. The smallest absolute Gasteiger partial charge is 0.306 e. The van der Waals surface area contributed by atoms with E-state index >= 15 is 0 Å². The quantitative estimate of drug-likeness (QED) is 0.0573. The molecule has 0 bridgehead atoms. The van der Waals surface area contributed by atoms with Crippen LogP contribution in [0.4, 0.5) is 0 Å². The van der Waals surface area contributed by atoms with Crippen LogP contribution >= 0.6 is 0 Å². The highest BCUT2D eigenvalue weighted by molar-refractivity contribution is 5.70. The van der Waals surface area contributed by atoms with Gasteiger partial charge in [0.2, 0.25) is 0 Å². The molecule has 1 fully saturated rings. The van der Waals surface area contributed by atoms with Crippen molar-refractivity contribution >= 4 is 11.9 Å². The third-order valence-electron chi connectivity index (χ3n) is 8.49. The lowest BCUT2D eigenvalue weighted by Crippen LogP contribution is -2.59. The average Bonchev–Trinajstić information content (AvgIpc) is 3.03.